The molecule has 0 aliphatic heterocycles. The molecule has 0 fully saturated rings. The van der Waals surface area contributed by atoms with E-state index in [1.165, 1.54) is 0 Å². The van der Waals surface area contributed by atoms with Gasteiger partial charge in [-0.3, -0.25) is 0 Å². The molecule has 0 spiro atoms. The van der Waals surface area contributed by atoms with Crippen LogP contribution in [0.15, 0.2) is 106 Å². The average molecular weight is 412 g/mol. The van der Waals surface area contributed by atoms with Crippen LogP contribution in [0.25, 0.3) is 0 Å². The third-order valence-corrected chi connectivity index (χ3v) is 8.61. The van der Waals surface area contributed by atoms with Crippen LogP contribution in [-0.2, 0) is 13.7 Å². The zero-order chi connectivity index (χ0) is 19.5. The molecule has 142 valence electrons. The molecule has 0 atom stereocenters. The summed E-state index contributed by atoms with van der Waals surface area (Å²) in [6.07, 6.45) is 0. The number of halogens is 3. The number of benzene rings is 3. The van der Waals surface area contributed by atoms with Crippen molar-refractivity contribution in [2.45, 2.75) is 20.2 Å². The van der Waals surface area contributed by atoms with Gasteiger partial charge in [0.25, 0.3) is 0 Å². The molecule has 0 N–H and O–H groups in total. The van der Waals surface area contributed by atoms with Gasteiger partial charge in [0.05, 0.1) is 0 Å². The van der Waals surface area contributed by atoms with E-state index < -0.39 is 25.9 Å². The first-order valence-electron chi connectivity index (χ1n) is 7.78. The quantitative estimate of drug-likeness (QED) is 0.501. The number of hydrogen-bond donors (Lipinski definition) is 0. The fraction of sp³-hybridized carbons (Fsp3) is 0.0526. The highest BCUT2D eigenvalue weighted by molar-refractivity contribution is 8.33. The Morgan fingerprint density at radius 2 is 0.889 bits per heavy atom. The highest BCUT2D eigenvalue weighted by Crippen LogP contribution is 2.70. The first kappa shape index (κ1) is 19.5. The van der Waals surface area contributed by atoms with Gasteiger partial charge in [-0.05, 0) is 46.7 Å². The van der Waals surface area contributed by atoms with E-state index in [-0.39, 0.29) is 0 Å². The lowest BCUT2D eigenvalue weighted by Gasteiger charge is -2.39. The number of rotatable bonds is 5. The summed E-state index contributed by atoms with van der Waals surface area (Å²) in [5.74, 6) is 0. The van der Waals surface area contributed by atoms with E-state index in [1.54, 1.807) is 91.0 Å². The van der Waals surface area contributed by atoms with Crippen LogP contribution < -0.4 is 0 Å². The van der Waals surface area contributed by atoms with Gasteiger partial charge in [-0.1, -0.05) is 54.6 Å². The van der Waals surface area contributed by atoms with Crippen molar-refractivity contribution >= 4 is 20.4 Å². The van der Waals surface area contributed by atoms with Crippen molar-refractivity contribution < 1.29 is 25.2 Å². The van der Waals surface area contributed by atoms with E-state index in [4.69, 9.17) is 3.63 Å². The molecule has 3 aromatic rings. The Bertz CT molecular complexity index is 894. The van der Waals surface area contributed by atoms with Crippen molar-refractivity contribution in [1.29, 1.82) is 0 Å². The maximum Gasteiger partial charge on any atom is 0.524 e. The molecule has 8 heteroatoms. The summed E-state index contributed by atoms with van der Waals surface area (Å²) in [4.78, 5) is 1.03. The van der Waals surface area contributed by atoms with Gasteiger partial charge in [-0.2, -0.15) is 25.2 Å². The summed E-state index contributed by atoms with van der Waals surface area (Å²) in [6.45, 7) is 0. The minimum Gasteiger partial charge on any atom is -0.200 e. The van der Waals surface area contributed by atoms with E-state index in [2.05, 4.69) is 0 Å². The third-order valence-electron chi connectivity index (χ3n) is 3.70. The molecule has 0 heterocycles. The molecular formula is C19H15F3O3S2. The summed E-state index contributed by atoms with van der Waals surface area (Å²) in [7, 11) is -9.04. The fourth-order valence-corrected chi connectivity index (χ4v) is 7.30. The van der Waals surface area contributed by atoms with Crippen molar-refractivity contribution in [3.05, 3.63) is 91.0 Å². The Morgan fingerprint density at radius 1 is 0.593 bits per heavy atom. The first-order valence-corrected chi connectivity index (χ1v) is 10.7. The molecule has 0 bridgehead atoms. The van der Waals surface area contributed by atoms with Gasteiger partial charge in [0, 0.05) is 14.7 Å². The minimum atomic E-state index is -5.86. The molecule has 3 aromatic carbocycles. The molecule has 0 saturated heterocycles. The fourth-order valence-electron chi connectivity index (χ4n) is 2.54. The largest absolute Gasteiger partial charge is 0.524 e. The smallest absolute Gasteiger partial charge is 0.200 e. The Kier molecular flexibility index (Phi) is 5.32. The lowest BCUT2D eigenvalue weighted by molar-refractivity contribution is -0.0496. The molecule has 0 aliphatic carbocycles. The molecule has 0 aromatic heterocycles. The maximum absolute atomic E-state index is 13.2. The van der Waals surface area contributed by atoms with Gasteiger partial charge < -0.3 is 0 Å². The van der Waals surface area contributed by atoms with Gasteiger partial charge in [-0.15, -0.1) is 0 Å². The van der Waals surface area contributed by atoms with Crippen LogP contribution in [-0.4, -0.2) is 13.9 Å². The maximum atomic E-state index is 13.2. The molecular weight excluding hydrogens is 397 g/mol. The molecule has 3 nitrogen and oxygen atoms in total. The van der Waals surface area contributed by atoms with Crippen LogP contribution in [0, 0.1) is 0 Å². The number of hydrogen-bond acceptors (Lipinski definition) is 3. The monoisotopic (exact) mass is 412 g/mol. The topological polar surface area (TPSA) is 43.4 Å². The molecule has 27 heavy (non-hydrogen) atoms. The zero-order valence-corrected chi connectivity index (χ0v) is 15.5. The molecule has 0 radical (unpaired) electrons. The predicted molar refractivity (Wildman–Crippen MR) is 97.8 cm³/mol. The molecule has 0 amide bonds. The summed E-state index contributed by atoms with van der Waals surface area (Å²) in [5.41, 5.74) is -5.54. The molecule has 0 aliphatic rings. The van der Waals surface area contributed by atoms with Crippen molar-refractivity contribution in [1.82, 2.24) is 0 Å². The summed E-state index contributed by atoms with van der Waals surface area (Å²) in [6, 6.07) is 24.3. The van der Waals surface area contributed by atoms with Crippen LogP contribution in [0.1, 0.15) is 0 Å². The van der Waals surface area contributed by atoms with Crippen molar-refractivity contribution in [2.75, 3.05) is 0 Å². The van der Waals surface area contributed by atoms with Crippen LogP contribution in [0.5, 0.6) is 0 Å². The number of alkyl halides is 3. The van der Waals surface area contributed by atoms with Gasteiger partial charge >= 0.3 is 15.6 Å². The van der Waals surface area contributed by atoms with Gasteiger partial charge in [0.2, 0.25) is 0 Å². The second kappa shape index (κ2) is 7.38. The SMILES string of the molecule is O=S(=O)(OS(c1ccccc1)(c1ccccc1)c1ccccc1)C(F)(F)F. The normalized spacial score (nSPS) is 13.3. The van der Waals surface area contributed by atoms with E-state index in [9.17, 15) is 21.6 Å². The molecule has 3 rings (SSSR count). The molecule has 0 unspecified atom stereocenters. The zero-order valence-electron chi connectivity index (χ0n) is 13.8. The highest BCUT2D eigenvalue weighted by Gasteiger charge is 2.52. The van der Waals surface area contributed by atoms with Gasteiger partial charge in [0.1, 0.15) is 0 Å². The summed E-state index contributed by atoms with van der Waals surface area (Å²) >= 11 is 0. The highest BCUT2D eigenvalue weighted by atomic mass is 32.3. The summed E-state index contributed by atoms with van der Waals surface area (Å²) in [5, 5.41) is 0. The van der Waals surface area contributed by atoms with E-state index in [0.717, 1.165) is 0 Å². The van der Waals surface area contributed by atoms with Gasteiger partial charge in [0.15, 0.2) is 0 Å². The van der Waals surface area contributed by atoms with E-state index in [0.29, 0.717) is 14.7 Å². The van der Waals surface area contributed by atoms with E-state index >= 15 is 0 Å². The van der Waals surface area contributed by atoms with Crippen LogP contribution >= 0.6 is 10.3 Å². The predicted octanol–water partition coefficient (Wildman–Crippen LogP) is 5.75. The first-order chi connectivity index (χ1) is 12.8. The van der Waals surface area contributed by atoms with Gasteiger partial charge in [-0.25, -0.2) is 0 Å². The van der Waals surface area contributed by atoms with Crippen LogP contribution in [0.4, 0.5) is 13.2 Å². The van der Waals surface area contributed by atoms with E-state index in [1.807, 2.05) is 0 Å². The second-order valence-corrected chi connectivity index (χ2v) is 9.91. The minimum absolute atomic E-state index is 0.343. The Labute approximate surface area is 157 Å². The van der Waals surface area contributed by atoms with Crippen LogP contribution in [0.3, 0.4) is 0 Å². The van der Waals surface area contributed by atoms with Crippen molar-refractivity contribution in [3.63, 3.8) is 0 Å². The standard InChI is InChI=1S/C19H15F3O3S2/c20-19(21,22)27(23,24)25-26(16-10-4-1-5-11-16,17-12-6-2-7-13-17)18-14-8-3-9-15-18/h1-15H. The Balaban J connectivity index is 2.37. The summed E-state index contributed by atoms with van der Waals surface area (Å²) < 4.78 is 68.8. The van der Waals surface area contributed by atoms with Crippen molar-refractivity contribution in [3.8, 4) is 0 Å². The third kappa shape index (κ3) is 3.73. The van der Waals surface area contributed by atoms with Crippen LogP contribution in [0.2, 0.25) is 0 Å². The Morgan fingerprint density at radius 3 is 1.15 bits per heavy atom. The average Bonchev–Trinajstić information content (AvgIpc) is 2.67. The lowest BCUT2D eigenvalue weighted by Crippen LogP contribution is -2.27. The Hall–Kier alpha value is -2.29. The van der Waals surface area contributed by atoms with Crippen molar-refractivity contribution in [2.24, 2.45) is 0 Å². The second-order valence-electron chi connectivity index (χ2n) is 5.46. The lowest BCUT2D eigenvalue weighted by atomic mass is 10.4. The molecule has 0 saturated carbocycles.